The lowest BCUT2D eigenvalue weighted by Gasteiger charge is -2.16. The van der Waals surface area contributed by atoms with Crippen molar-refractivity contribution >= 4 is 11.4 Å². The molecule has 0 aromatic carbocycles. The molecule has 1 heterocycles. The molecule has 0 saturated carbocycles. The summed E-state index contributed by atoms with van der Waals surface area (Å²) < 4.78 is 113. The van der Waals surface area contributed by atoms with Crippen LogP contribution < -0.4 is 5.32 Å². The number of halogens is 9. The van der Waals surface area contributed by atoms with E-state index in [4.69, 9.17) is 0 Å². The zero-order valence-electron chi connectivity index (χ0n) is 11.6. The quantitative estimate of drug-likeness (QED) is 0.628. The zero-order chi connectivity index (χ0) is 18.8. The van der Waals surface area contributed by atoms with E-state index in [2.05, 4.69) is 9.98 Å². The van der Waals surface area contributed by atoms with Gasteiger partial charge in [-0.1, -0.05) is 0 Å². The minimum atomic E-state index is -5.23. The first kappa shape index (κ1) is 19.8. The van der Waals surface area contributed by atoms with E-state index in [1.807, 2.05) is 0 Å². The Balaban J connectivity index is 3.17. The van der Waals surface area contributed by atoms with Crippen molar-refractivity contribution in [3.63, 3.8) is 0 Å². The number of nitrogens with one attached hydrogen (secondary N) is 1. The maximum atomic E-state index is 12.8. The van der Waals surface area contributed by atoms with Crippen molar-refractivity contribution in [1.82, 2.24) is 4.98 Å². The molecule has 0 bridgehead atoms. The molecule has 0 radical (unpaired) electrons. The summed E-state index contributed by atoms with van der Waals surface area (Å²) in [5.41, 5.74) is -5.62. The molecule has 1 aromatic rings. The lowest BCUT2D eigenvalue weighted by molar-refractivity contribution is -0.141. The Morgan fingerprint density at radius 1 is 1.00 bits per heavy atom. The van der Waals surface area contributed by atoms with Gasteiger partial charge < -0.3 is 5.32 Å². The number of aliphatic imine (C=N–C) groups is 1. The van der Waals surface area contributed by atoms with Crippen LogP contribution in [0.2, 0.25) is 0 Å². The van der Waals surface area contributed by atoms with Crippen molar-refractivity contribution in [2.45, 2.75) is 18.5 Å². The van der Waals surface area contributed by atoms with Crippen molar-refractivity contribution in [2.24, 2.45) is 4.99 Å². The first-order valence-corrected chi connectivity index (χ1v) is 5.88. The molecule has 3 nitrogen and oxygen atoms in total. The number of nitrogens with zero attached hydrogens (tertiary/aromatic N) is 2. The number of rotatable bonds is 3. The van der Waals surface area contributed by atoms with Crippen LogP contribution in [-0.4, -0.2) is 30.1 Å². The molecule has 0 aliphatic rings. The minimum Gasteiger partial charge on any atom is -0.350 e. The predicted octanol–water partition coefficient (Wildman–Crippen LogP) is 4.59. The number of aromatic nitrogens is 1. The summed E-state index contributed by atoms with van der Waals surface area (Å²) in [6.45, 7) is 0. The number of alkyl halides is 9. The van der Waals surface area contributed by atoms with E-state index in [0.29, 0.717) is 25.4 Å². The third-order valence-corrected chi connectivity index (χ3v) is 2.45. The van der Waals surface area contributed by atoms with Crippen LogP contribution in [-0.2, 0) is 6.18 Å². The zero-order valence-corrected chi connectivity index (χ0v) is 11.6. The smallest absolute Gasteiger partial charge is 0.350 e. The van der Waals surface area contributed by atoms with Gasteiger partial charge in [0.25, 0.3) is 0 Å². The molecular formula is C12H8F9N3. The monoisotopic (exact) mass is 365 g/mol. The van der Waals surface area contributed by atoms with E-state index in [0.717, 1.165) is 0 Å². The molecule has 1 aromatic heterocycles. The van der Waals surface area contributed by atoms with Crippen molar-refractivity contribution in [3.8, 4) is 0 Å². The molecular weight excluding hydrogens is 357 g/mol. The second-order valence-electron chi connectivity index (χ2n) is 4.22. The summed E-state index contributed by atoms with van der Waals surface area (Å²) in [5, 5.41) is 1.56. The Labute approximate surface area is 128 Å². The molecule has 24 heavy (non-hydrogen) atoms. The second kappa shape index (κ2) is 6.69. The van der Waals surface area contributed by atoms with Gasteiger partial charge in [0, 0.05) is 7.05 Å². The molecule has 0 spiro atoms. The van der Waals surface area contributed by atoms with Crippen LogP contribution in [0.1, 0.15) is 5.69 Å². The van der Waals surface area contributed by atoms with Crippen LogP contribution in [0.4, 0.5) is 45.2 Å². The fourth-order valence-corrected chi connectivity index (χ4v) is 1.39. The standard InChI is InChI=1S/C12H8F9N3/c1-22-8(11(16,17)18)4-9(12(19,20)21)24-6-2-3-7(23-5-6)10(13,14)15/h2-5,24H,1H3/b9-4-,22-8?. The van der Waals surface area contributed by atoms with E-state index in [1.165, 1.54) is 0 Å². The molecule has 0 saturated heterocycles. The molecule has 0 unspecified atom stereocenters. The Morgan fingerprint density at radius 3 is 1.92 bits per heavy atom. The van der Waals surface area contributed by atoms with E-state index >= 15 is 0 Å². The van der Waals surface area contributed by atoms with Gasteiger partial charge in [0.15, 0.2) is 0 Å². The van der Waals surface area contributed by atoms with Crippen LogP contribution in [0.15, 0.2) is 35.1 Å². The summed E-state index contributed by atoms with van der Waals surface area (Å²) in [5.74, 6) is 0. The first-order chi connectivity index (χ1) is 10.7. The molecule has 12 heteroatoms. The van der Waals surface area contributed by atoms with Crippen LogP contribution in [0, 0.1) is 0 Å². The fourth-order valence-electron chi connectivity index (χ4n) is 1.39. The number of hydrogen-bond donors (Lipinski definition) is 1. The maximum absolute atomic E-state index is 12.8. The highest BCUT2D eigenvalue weighted by Crippen LogP contribution is 2.31. The molecule has 0 atom stereocenters. The van der Waals surface area contributed by atoms with Crippen LogP contribution in [0.25, 0.3) is 0 Å². The van der Waals surface area contributed by atoms with Crippen molar-refractivity contribution < 1.29 is 39.5 Å². The summed E-state index contributed by atoms with van der Waals surface area (Å²) in [6, 6.07) is 0.987. The van der Waals surface area contributed by atoms with Gasteiger partial charge in [0.1, 0.15) is 17.1 Å². The van der Waals surface area contributed by atoms with Gasteiger partial charge in [-0.25, -0.2) is 4.98 Å². The van der Waals surface area contributed by atoms with Crippen LogP contribution in [0.5, 0.6) is 0 Å². The Morgan fingerprint density at radius 2 is 1.58 bits per heavy atom. The molecule has 0 aliphatic carbocycles. The Hall–Kier alpha value is -2.27. The average Bonchev–Trinajstić information content (AvgIpc) is 2.40. The van der Waals surface area contributed by atoms with Crippen LogP contribution >= 0.6 is 0 Å². The highest BCUT2D eigenvalue weighted by molar-refractivity contribution is 6.00. The fraction of sp³-hybridized carbons (Fsp3) is 0.333. The summed E-state index contributed by atoms with van der Waals surface area (Å²) in [7, 11) is 0.646. The van der Waals surface area contributed by atoms with Gasteiger partial charge in [-0.2, -0.15) is 39.5 Å². The van der Waals surface area contributed by atoms with Gasteiger partial charge >= 0.3 is 18.5 Å². The number of allylic oxidation sites excluding steroid dienone is 2. The number of hydrogen-bond acceptors (Lipinski definition) is 3. The molecule has 134 valence electrons. The predicted molar refractivity (Wildman–Crippen MR) is 66.4 cm³/mol. The molecule has 0 aliphatic heterocycles. The van der Waals surface area contributed by atoms with Gasteiger partial charge in [0.2, 0.25) is 0 Å². The average molecular weight is 365 g/mol. The number of anilines is 1. The first-order valence-electron chi connectivity index (χ1n) is 5.88. The van der Waals surface area contributed by atoms with Crippen molar-refractivity contribution in [3.05, 3.63) is 35.8 Å². The third-order valence-electron chi connectivity index (χ3n) is 2.45. The van der Waals surface area contributed by atoms with E-state index < -0.39 is 41.3 Å². The summed E-state index contributed by atoms with van der Waals surface area (Å²) >= 11 is 0. The minimum absolute atomic E-state index is 0.294. The third kappa shape index (κ3) is 5.42. The summed E-state index contributed by atoms with van der Waals surface area (Å²) in [4.78, 5) is 5.61. The largest absolute Gasteiger partial charge is 0.433 e. The SMILES string of the molecule is CN=C(/C=C(\Nc1ccc(C(F)(F)F)nc1)C(F)(F)F)C(F)(F)F. The highest BCUT2D eigenvalue weighted by Gasteiger charge is 2.40. The normalized spacial score (nSPS) is 14.8. The van der Waals surface area contributed by atoms with E-state index in [1.54, 1.807) is 5.32 Å². The number of pyridine rings is 1. The van der Waals surface area contributed by atoms with E-state index in [-0.39, 0.29) is 6.08 Å². The molecule has 1 N–H and O–H groups in total. The lowest BCUT2D eigenvalue weighted by atomic mass is 10.2. The van der Waals surface area contributed by atoms with Crippen molar-refractivity contribution in [2.75, 3.05) is 12.4 Å². The molecule has 0 fully saturated rings. The molecule has 0 amide bonds. The lowest BCUT2D eigenvalue weighted by Crippen LogP contribution is -2.26. The van der Waals surface area contributed by atoms with Gasteiger partial charge in [0.05, 0.1) is 11.9 Å². The van der Waals surface area contributed by atoms with Gasteiger partial charge in [-0.3, -0.25) is 4.99 Å². The van der Waals surface area contributed by atoms with E-state index in [9.17, 15) is 39.5 Å². The van der Waals surface area contributed by atoms with Crippen molar-refractivity contribution in [1.29, 1.82) is 0 Å². The van der Waals surface area contributed by atoms with Gasteiger partial charge in [-0.15, -0.1) is 0 Å². The maximum Gasteiger partial charge on any atom is 0.433 e. The Bertz CT molecular complexity index is 621. The summed E-state index contributed by atoms with van der Waals surface area (Å²) in [6.07, 6.45) is -15.1. The molecule has 1 rings (SSSR count). The van der Waals surface area contributed by atoms with Gasteiger partial charge in [-0.05, 0) is 18.2 Å². The second-order valence-corrected chi connectivity index (χ2v) is 4.22. The Kier molecular flexibility index (Phi) is 5.51. The van der Waals surface area contributed by atoms with Crippen LogP contribution in [0.3, 0.4) is 0 Å². The topological polar surface area (TPSA) is 37.3 Å². The highest BCUT2D eigenvalue weighted by atomic mass is 19.4.